The molecule has 0 spiro atoms. The average molecular weight is 410 g/mol. The van der Waals surface area contributed by atoms with Gasteiger partial charge in [0.05, 0.1) is 5.41 Å². The molecule has 2 amide bonds. The van der Waals surface area contributed by atoms with Crippen molar-refractivity contribution in [2.24, 2.45) is 5.41 Å². The van der Waals surface area contributed by atoms with Gasteiger partial charge in [0.2, 0.25) is 5.91 Å². The van der Waals surface area contributed by atoms with Gasteiger partial charge in [0.1, 0.15) is 12.6 Å². The highest BCUT2D eigenvalue weighted by Crippen LogP contribution is 2.44. The van der Waals surface area contributed by atoms with E-state index < -0.39 is 29.4 Å². The van der Waals surface area contributed by atoms with Gasteiger partial charge in [-0.3, -0.25) is 9.59 Å². The van der Waals surface area contributed by atoms with Crippen LogP contribution in [0.4, 0.5) is 4.79 Å². The maximum atomic E-state index is 12.2. The fraction of sp³-hybridized carbons (Fsp3) is 0.348. The average Bonchev–Trinajstić information content (AvgIpc) is 3.04. The largest absolute Gasteiger partial charge is 0.481 e. The number of carboxylic acids is 1. The fourth-order valence-electron chi connectivity index (χ4n) is 3.42. The van der Waals surface area contributed by atoms with Crippen LogP contribution in [0.5, 0.6) is 0 Å². The zero-order valence-corrected chi connectivity index (χ0v) is 17.3. The van der Waals surface area contributed by atoms with E-state index in [1.54, 1.807) is 0 Å². The summed E-state index contributed by atoms with van der Waals surface area (Å²) in [5.41, 5.74) is 3.38. The van der Waals surface area contributed by atoms with Crippen molar-refractivity contribution in [3.05, 3.63) is 59.7 Å². The Balaban J connectivity index is 1.56. The molecule has 3 N–H and O–H groups in total. The Morgan fingerprint density at radius 2 is 1.57 bits per heavy atom. The number of hydrogen-bond acceptors (Lipinski definition) is 4. The molecular weight excluding hydrogens is 384 g/mol. The van der Waals surface area contributed by atoms with Crippen LogP contribution < -0.4 is 10.6 Å². The molecule has 2 aromatic carbocycles. The van der Waals surface area contributed by atoms with Crippen LogP contribution >= 0.6 is 0 Å². The predicted octanol–water partition coefficient (Wildman–Crippen LogP) is 3.14. The second-order valence-electron chi connectivity index (χ2n) is 8.10. The van der Waals surface area contributed by atoms with Crippen LogP contribution in [0.15, 0.2) is 48.5 Å². The van der Waals surface area contributed by atoms with Gasteiger partial charge in [-0.15, -0.1) is 0 Å². The third-order valence-corrected chi connectivity index (χ3v) is 5.35. The highest BCUT2D eigenvalue weighted by Gasteiger charge is 2.30. The Labute approximate surface area is 175 Å². The number of fused-ring (bicyclic) bond motifs is 3. The van der Waals surface area contributed by atoms with Crippen molar-refractivity contribution < 1.29 is 24.2 Å². The van der Waals surface area contributed by atoms with Crippen molar-refractivity contribution in [2.45, 2.75) is 32.7 Å². The molecular formula is C23H26N2O5. The maximum Gasteiger partial charge on any atom is 0.407 e. The number of benzene rings is 2. The number of carbonyl (C=O) groups excluding carboxylic acids is 2. The van der Waals surface area contributed by atoms with Crippen molar-refractivity contribution in [1.29, 1.82) is 0 Å². The molecule has 0 radical (unpaired) electrons. The fourth-order valence-corrected chi connectivity index (χ4v) is 3.42. The quantitative estimate of drug-likeness (QED) is 0.650. The zero-order chi connectivity index (χ0) is 21.9. The lowest BCUT2D eigenvalue weighted by molar-refractivity contribution is -0.146. The van der Waals surface area contributed by atoms with Crippen LogP contribution in [0.3, 0.4) is 0 Å². The topological polar surface area (TPSA) is 105 Å². The minimum absolute atomic E-state index is 0.0438. The summed E-state index contributed by atoms with van der Waals surface area (Å²) in [4.78, 5) is 35.5. The van der Waals surface area contributed by atoms with E-state index >= 15 is 0 Å². The highest BCUT2D eigenvalue weighted by atomic mass is 16.5. The summed E-state index contributed by atoms with van der Waals surface area (Å²) >= 11 is 0. The highest BCUT2D eigenvalue weighted by molar-refractivity contribution is 5.86. The van der Waals surface area contributed by atoms with Crippen LogP contribution in [0.2, 0.25) is 0 Å². The number of nitrogens with one attached hydrogen (secondary N) is 2. The van der Waals surface area contributed by atoms with E-state index in [1.807, 2.05) is 36.4 Å². The number of rotatable bonds is 7. The van der Waals surface area contributed by atoms with Gasteiger partial charge in [0, 0.05) is 12.5 Å². The number of aliphatic carboxylic acids is 1. The van der Waals surface area contributed by atoms with Crippen LogP contribution in [-0.2, 0) is 14.3 Å². The molecule has 0 heterocycles. The normalized spacial score (nSPS) is 13.7. The number of amides is 2. The first-order valence-corrected chi connectivity index (χ1v) is 9.83. The molecule has 1 aliphatic rings. The molecule has 3 rings (SSSR count). The van der Waals surface area contributed by atoms with Crippen molar-refractivity contribution in [2.75, 3.05) is 13.2 Å². The van der Waals surface area contributed by atoms with Gasteiger partial charge in [0.25, 0.3) is 0 Å². The van der Waals surface area contributed by atoms with Gasteiger partial charge in [-0.1, -0.05) is 48.5 Å². The minimum atomic E-state index is -1.10. The summed E-state index contributed by atoms with van der Waals surface area (Å²) in [6, 6.07) is 15.2. The predicted molar refractivity (Wildman–Crippen MR) is 112 cm³/mol. The summed E-state index contributed by atoms with van der Waals surface area (Å²) < 4.78 is 5.42. The number of carbonyl (C=O) groups is 3. The summed E-state index contributed by atoms with van der Waals surface area (Å²) in [5, 5.41) is 14.1. The van der Waals surface area contributed by atoms with Crippen molar-refractivity contribution in [3.8, 4) is 11.1 Å². The number of ether oxygens (including phenoxy) is 1. The van der Waals surface area contributed by atoms with Crippen LogP contribution in [0.25, 0.3) is 11.1 Å². The standard InChI is InChI=1S/C23H26N2O5/c1-14(20(26)24-13-23(2,3)21(27)28)25-22(29)30-12-19-17-10-6-4-8-15(17)16-9-5-7-11-18(16)19/h4-11,14,19H,12-13H2,1-3H3,(H,24,26)(H,25,29)(H,27,28). The van der Waals surface area contributed by atoms with Crippen LogP contribution in [-0.4, -0.2) is 42.3 Å². The molecule has 7 nitrogen and oxygen atoms in total. The molecule has 30 heavy (non-hydrogen) atoms. The summed E-state index contributed by atoms with van der Waals surface area (Å²) in [6.45, 7) is 4.65. The minimum Gasteiger partial charge on any atom is -0.481 e. The molecule has 0 saturated heterocycles. The van der Waals surface area contributed by atoms with Gasteiger partial charge < -0.3 is 20.5 Å². The lowest BCUT2D eigenvalue weighted by Gasteiger charge is -2.21. The van der Waals surface area contributed by atoms with Crippen molar-refractivity contribution >= 4 is 18.0 Å². The number of hydrogen-bond donors (Lipinski definition) is 3. The molecule has 1 atom stereocenters. The third-order valence-electron chi connectivity index (χ3n) is 5.35. The van der Waals surface area contributed by atoms with Crippen LogP contribution in [0.1, 0.15) is 37.8 Å². The summed E-state index contributed by atoms with van der Waals surface area (Å²) in [5.74, 6) is -1.55. The van der Waals surface area contributed by atoms with Gasteiger partial charge in [0.15, 0.2) is 0 Å². The smallest absolute Gasteiger partial charge is 0.407 e. The molecule has 0 aromatic heterocycles. The summed E-state index contributed by atoms with van der Waals surface area (Å²) in [6.07, 6.45) is -0.697. The molecule has 0 fully saturated rings. The van der Waals surface area contributed by atoms with Crippen LogP contribution in [0, 0.1) is 5.41 Å². The van der Waals surface area contributed by atoms with Gasteiger partial charge in [-0.25, -0.2) is 4.79 Å². The second-order valence-corrected chi connectivity index (χ2v) is 8.10. The van der Waals surface area contributed by atoms with Gasteiger partial charge >= 0.3 is 12.1 Å². The van der Waals surface area contributed by atoms with E-state index in [4.69, 9.17) is 9.84 Å². The molecule has 1 aliphatic carbocycles. The van der Waals surface area contributed by atoms with E-state index in [0.29, 0.717) is 0 Å². The first-order valence-electron chi connectivity index (χ1n) is 9.83. The number of carboxylic acid groups (broad SMARTS) is 1. The Bertz CT molecular complexity index is 924. The third kappa shape index (κ3) is 4.45. The zero-order valence-electron chi connectivity index (χ0n) is 17.3. The van der Waals surface area contributed by atoms with E-state index in [1.165, 1.54) is 20.8 Å². The SMILES string of the molecule is CC(NC(=O)OCC1c2ccccc2-c2ccccc21)C(=O)NCC(C)(C)C(=O)O. The molecule has 0 saturated carbocycles. The lowest BCUT2D eigenvalue weighted by atomic mass is 9.94. The Kier molecular flexibility index (Phi) is 6.10. The first kappa shape index (κ1) is 21.4. The van der Waals surface area contributed by atoms with E-state index in [-0.39, 0.29) is 19.1 Å². The second kappa shape index (κ2) is 8.57. The number of alkyl carbamates (subject to hydrolysis) is 1. The van der Waals surface area contributed by atoms with E-state index in [2.05, 4.69) is 22.8 Å². The molecule has 0 aliphatic heterocycles. The van der Waals surface area contributed by atoms with Crippen molar-refractivity contribution in [3.63, 3.8) is 0 Å². The monoisotopic (exact) mass is 410 g/mol. The van der Waals surface area contributed by atoms with Gasteiger partial charge in [-0.05, 0) is 43.0 Å². The Morgan fingerprint density at radius 3 is 2.10 bits per heavy atom. The molecule has 7 heteroatoms. The maximum absolute atomic E-state index is 12.2. The van der Waals surface area contributed by atoms with Crippen molar-refractivity contribution in [1.82, 2.24) is 10.6 Å². The first-order chi connectivity index (χ1) is 14.2. The van der Waals surface area contributed by atoms with Gasteiger partial charge in [-0.2, -0.15) is 0 Å². The Hall–Kier alpha value is -3.35. The molecule has 158 valence electrons. The molecule has 0 bridgehead atoms. The molecule has 1 unspecified atom stereocenters. The van der Waals surface area contributed by atoms with E-state index in [9.17, 15) is 14.4 Å². The molecule has 2 aromatic rings. The summed E-state index contributed by atoms with van der Waals surface area (Å²) in [7, 11) is 0. The Morgan fingerprint density at radius 1 is 1.03 bits per heavy atom. The lowest BCUT2D eigenvalue weighted by Crippen LogP contribution is -2.48. The van der Waals surface area contributed by atoms with E-state index in [0.717, 1.165) is 22.3 Å².